The minimum absolute atomic E-state index is 0.283. The number of ether oxygens (including phenoxy) is 1. The summed E-state index contributed by atoms with van der Waals surface area (Å²) in [7, 11) is 0. The highest BCUT2D eigenvalue weighted by Gasteiger charge is 2.29. The van der Waals surface area contributed by atoms with Gasteiger partial charge in [-0.3, -0.25) is 4.79 Å². The molecule has 1 aromatic heterocycles. The smallest absolute Gasteiger partial charge is 0.354 e. The van der Waals surface area contributed by atoms with E-state index in [1.165, 1.54) is 0 Å². The van der Waals surface area contributed by atoms with Crippen LogP contribution in [0.1, 0.15) is 0 Å². The number of H-pyrrole nitrogens is 1. The van der Waals surface area contributed by atoms with Gasteiger partial charge in [0.25, 0.3) is 12.0 Å². The van der Waals surface area contributed by atoms with Gasteiger partial charge in [-0.15, -0.1) is 0 Å². The van der Waals surface area contributed by atoms with E-state index in [-0.39, 0.29) is 5.75 Å². The van der Waals surface area contributed by atoms with Crippen molar-refractivity contribution in [3.8, 4) is 5.75 Å². The predicted octanol–water partition coefficient (Wildman–Crippen LogP) is 2.22. The lowest BCUT2D eigenvalue weighted by molar-refractivity contribution is -0.149. The number of carboxylic acids is 1. The lowest BCUT2D eigenvalue weighted by Gasteiger charge is -2.16. The summed E-state index contributed by atoms with van der Waals surface area (Å²) in [6.07, 6.45) is 0.0644. The quantitative estimate of drug-likeness (QED) is 0.424. The molecule has 1 amide bonds. The minimum atomic E-state index is -1.69. The van der Waals surface area contributed by atoms with Crippen LogP contribution in [0.4, 0.5) is 11.4 Å². The molecular weight excluding hydrogens is 310 g/mol. The van der Waals surface area contributed by atoms with Crippen molar-refractivity contribution >= 4 is 34.2 Å². The van der Waals surface area contributed by atoms with Crippen molar-refractivity contribution in [3.63, 3.8) is 0 Å². The summed E-state index contributed by atoms with van der Waals surface area (Å²) in [6.45, 7) is 0. The maximum absolute atomic E-state index is 12.2. The molecule has 0 saturated carbocycles. The molecule has 0 bridgehead atoms. The summed E-state index contributed by atoms with van der Waals surface area (Å²) >= 11 is 0. The van der Waals surface area contributed by atoms with Crippen LogP contribution < -0.4 is 15.8 Å². The molecule has 2 aromatic carbocycles. The van der Waals surface area contributed by atoms with E-state index in [4.69, 9.17) is 10.5 Å². The first kappa shape index (κ1) is 15.4. The number of nitrogens with one attached hydrogen (secondary N) is 2. The summed E-state index contributed by atoms with van der Waals surface area (Å²) in [5.74, 6) is -1.92. The molecule has 0 saturated heterocycles. The van der Waals surface area contributed by atoms with E-state index >= 15 is 0 Å². The van der Waals surface area contributed by atoms with Crippen molar-refractivity contribution in [2.24, 2.45) is 0 Å². The van der Waals surface area contributed by atoms with Crippen molar-refractivity contribution in [2.45, 2.75) is 6.10 Å². The number of hydrogen-bond acceptors (Lipinski definition) is 4. The number of anilines is 2. The molecule has 122 valence electrons. The van der Waals surface area contributed by atoms with E-state index in [1.807, 2.05) is 6.07 Å². The molecule has 0 aliphatic rings. The Bertz CT molecular complexity index is 903. The van der Waals surface area contributed by atoms with Gasteiger partial charge in [0.05, 0.1) is 11.4 Å². The summed E-state index contributed by atoms with van der Waals surface area (Å²) in [5, 5.41) is 12.6. The van der Waals surface area contributed by atoms with E-state index in [0.717, 1.165) is 10.9 Å². The fourth-order valence-corrected chi connectivity index (χ4v) is 2.27. The zero-order valence-electron chi connectivity index (χ0n) is 12.5. The number of benzene rings is 2. The summed E-state index contributed by atoms with van der Waals surface area (Å²) in [5.41, 5.74) is 7.30. The zero-order valence-corrected chi connectivity index (χ0v) is 12.5. The van der Waals surface area contributed by atoms with Crippen LogP contribution in [0.25, 0.3) is 10.9 Å². The number of nitrogens with two attached hydrogens (primary N) is 1. The molecule has 7 heteroatoms. The van der Waals surface area contributed by atoms with Gasteiger partial charge in [0.1, 0.15) is 5.75 Å². The molecule has 7 nitrogen and oxygen atoms in total. The molecule has 1 heterocycles. The van der Waals surface area contributed by atoms with Gasteiger partial charge >= 0.3 is 5.97 Å². The zero-order chi connectivity index (χ0) is 17.1. The van der Waals surface area contributed by atoms with Crippen LogP contribution in [0.2, 0.25) is 0 Å². The molecule has 0 aliphatic heterocycles. The average molecular weight is 325 g/mol. The van der Waals surface area contributed by atoms with Crippen LogP contribution in [0.15, 0.2) is 54.7 Å². The third-order valence-electron chi connectivity index (χ3n) is 3.46. The third-order valence-corrected chi connectivity index (χ3v) is 3.46. The summed E-state index contributed by atoms with van der Waals surface area (Å²) < 4.78 is 5.36. The Kier molecular flexibility index (Phi) is 4.07. The number of para-hydroxylation sites is 2. The van der Waals surface area contributed by atoms with Crippen LogP contribution >= 0.6 is 0 Å². The predicted molar refractivity (Wildman–Crippen MR) is 89.8 cm³/mol. The number of hydrogen-bond donors (Lipinski definition) is 4. The Balaban J connectivity index is 1.80. The maximum atomic E-state index is 12.2. The largest absolute Gasteiger partial charge is 0.478 e. The van der Waals surface area contributed by atoms with Crippen molar-refractivity contribution in [2.75, 3.05) is 11.1 Å². The fourth-order valence-electron chi connectivity index (χ4n) is 2.27. The Labute approximate surface area is 137 Å². The molecular formula is C17H15N3O4. The van der Waals surface area contributed by atoms with E-state index in [0.29, 0.717) is 11.4 Å². The average Bonchev–Trinajstić information content (AvgIpc) is 3.02. The number of rotatable bonds is 5. The summed E-state index contributed by atoms with van der Waals surface area (Å²) in [4.78, 5) is 26.7. The first-order valence-electron chi connectivity index (χ1n) is 7.16. The van der Waals surface area contributed by atoms with E-state index in [1.54, 1.807) is 48.7 Å². The van der Waals surface area contributed by atoms with Crippen molar-refractivity contribution in [3.05, 3.63) is 54.7 Å². The van der Waals surface area contributed by atoms with Gasteiger partial charge < -0.3 is 25.9 Å². The number of aromatic nitrogens is 1. The normalized spacial score (nSPS) is 11.8. The van der Waals surface area contributed by atoms with Crippen LogP contribution in [0.5, 0.6) is 5.75 Å². The van der Waals surface area contributed by atoms with Crippen LogP contribution in [-0.4, -0.2) is 28.1 Å². The van der Waals surface area contributed by atoms with Gasteiger partial charge in [-0.25, -0.2) is 4.79 Å². The standard InChI is InChI=1S/C17H15N3O4/c18-12-3-1-2-4-14(12)20-16(21)15(17(22)23)24-11-5-6-13-10(9-11)7-8-19-13/h1-9,15,19H,18H2,(H,20,21)(H,22,23). The number of carbonyl (C=O) groups excluding carboxylic acids is 1. The molecule has 0 fully saturated rings. The van der Waals surface area contributed by atoms with E-state index < -0.39 is 18.0 Å². The maximum Gasteiger partial charge on any atom is 0.354 e. The second-order valence-electron chi connectivity index (χ2n) is 5.14. The second-order valence-corrected chi connectivity index (χ2v) is 5.14. The molecule has 1 atom stereocenters. The highest BCUT2D eigenvalue weighted by Crippen LogP contribution is 2.22. The highest BCUT2D eigenvalue weighted by molar-refractivity contribution is 6.08. The summed E-state index contributed by atoms with van der Waals surface area (Å²) in [6, 6.07) is 13.4. The Hall–Kier alpha value is -3.48. The Morgan fingerprint density at radius 2 is 1.96 bits per heavy atom. The third kappa shape index (κ3) is 3.14. The Morgan fingerprint density at radius 3 is 2.71 bits per heavy atom. The fraction of sp³-hybridized carbons (Fsp3) is 0.0588. The van der Waals surface area contributed by atoms with Crippen molar-refractivity contribution in [1.29, 1.82) is 0 Å². The van der Waals surface area contributed by atoms with Crippen molar-refractivity contribution in [1.82, 2.24) is 4.98 Å². The SMILES string of the molecule is Nc1ccccc1NC(=O)C(Oc1ccc2[nH]ccc2c1)C(=O)O. The van der Waals surface area contributed by atoms with Gasteiger partial charge in [0.2, 0.25) is 0 Å². The molecule has 24 heavy (non-hydrogen) atoms. The van der Waals surface area contributed by atoms with Crippen LogP contribution in [0, 0.1) is 0 Å². The number of amides is 1. The molecule has 5 N–H and O–H groups in total. The second kappa shape index (κ2) is 6.33. The number of nitrogen functional groups attached to an aromatic ring is 1. The number of carbonyl (C=O) groups is 2. The molecule has 0 spiro atoms. The van der Waals surface area contributed by atoms with Crippen molar-refractivity contribution < 1.29 is 19.4 Å². The first-order chi connectivity index (χ1) is 11.5. The lowest BCUT2D eigenvalue weighted by atomic mass is 10.2. The van der Waals surface area contributed by atoms with Gasteiger partial charge in [-0.2, -0.15) is 0 Å². The van der Waals surface area contributed by atoms with Gasteiger partial charge in [-0.05, 0) is 36.4 Å². The number of carboxylic acid groups (broad SMARTS) is 1. The minimum Gasteiger partial charge on any atom is -0.478 e. The van der Waals surface area contributed by atoms with Crippen LogP contribution in [-0.2, 0) is 9.59 Å². The van der Waals surface area contributed by atoms with Gasteiger partial charge in [0.15, 0.2) is 0 Å². The molecule has 3 aromatic rings. The monoisotopic (exact) mass is 325 g/mol. The number of aromatic amines is 1. The number of aliphatic carboxylic acids is 1. The molecule has 1 unspecified atom stereocenters. The van der Waals surface area contributed by atoms with Gasteiger partial charge in [0, 0.05) is 17.1 Å². The highest BCUT2D eigenvalue weighted by atomic mass is 16.5. The lowest BCUT2D eigenvalue weighted by Crippen LogP contribution is -2.39. The Morgan fingerprint density at radius 1 is 1.17 bits per heavy atom. The topological polar surface area (TPSA) is 117 Å². The van der Waals surface area contributed by atoms with E-state index in [9.17, 15) is 14.7 Å². The van der Waals surface area contributed by atoms with Crippen LogP contribution in [0.3, 0.4) is 0 Å². The molecule has 3 rings (SSSR count). The molecule has 0 aliphatic carbocycles. The first-order valence-corrected chi connectivity index (χ1v) is 7.16. The van der Waals surface area contributed by atoms with Gasteiger partial charge in [-0.1, -0.05) is 12.1 Å². The number of fused-ring (bicyclic) bond motifs is 1. The molecule has 0 radical (unpaired) electrons. The van der Waals surface area contributed by atoms with E-state index in [2.05, 4.69) is 10.3 Å².